The van der Waals surface area contributed by atoms with Crippen molar-refractivity contribution in [2.24, 2.45) is 5.41 Å². The molecule has 5 heteroatoms. The number of benzene rings is 1. The maximum absolute atomic E-state index is 5.76. The highest BCUT2D eigenvalue weighted by Crippen LogP contribution is 2.29. The normalized spacial score (nSPS) is 18.6. The molecule has 5 nitrogen and oxygen atoms in total. The zero-order valence-corrected chi connectivity index (χ0v) is 11.2. The standard InChI is InChI=1S/C14H20N4O/c1-14(4-6-19-7-5-14)9-16-13-17-11-3-2-10(15)8-12(11)18-13/h2-3,8H,4-7,9,15H2,1H3,(H2,16,17,18). The monoisotopic (exact) mass is 260 g/mol. The fourth-order valence-electron chi connectivity index (χ4n) is 2.45. The van der Waals surface area contributed by atoms with E-state index in [4.69, 9.17) is 10.5 Å². The van der Waals surface area contributed by atoms with E-state index in [1.165, 1.54) is 0 Å². The van der Waals surface area contributed by atoms with E-state index < -0.39 is 0 Å². The molecule has 0 atom stereocenters. The van der Waals surface area contributed by atoms with Crippen LogP contribution in [0.5, 0.6) is 0 Å². The first-order chi connectivity index (χ1) is 9.15. The SMILES string of the molecule is CC1(CNc2nc3ccc(N)cc3[nH]2)CCOCC1. The number of nitrogens with one attached hydrogen (secondary N) is 2. The molecule has 1 fully saturated rings. The van der Waals surface area contributed by atoms with Gasteiger partial charge in [0.05, 0.1) is 11.0 Å². The van der Waals surface area contributed by atoms with Crippen LogP contribution in [0.2, 0.25) is 0 Å². The first-order valence-electron chi connectivity index (χ1n) is 6.72. The Hall–Kier alpha value is -1.75. The van der Waals surface area contributed by atoms with Gasteiger partial charge in [0.25, 0.3) is 0 Å². The van der Waals surface area contributed by atoms with Gasteiger partial charge in [-0.3, -0.25) is 0 Å². The van der Waals surface area contributed by atoms with Crippen LogP contribution in [0.25, 0.3) is 11.0 Å². The lowest BCUT2D eigenvalue weighted by Crippen LogP contribution is -2.33. The average Bonchev–Trinajstić information content (AvgIpc) is 2.79. The summed E-state index contributed by atoms with van der Waals surface area (Å²) < 4.78 is 5.41. The fourth-order valence-corrected chi connectivity index (χ4v) is 2.45. The third kappa shape index (κ3) is 2.66. The quantitative estimate of drug-likeness (QED) is 0.741. The van der Waals surface area contributed by atoms with Gasteiger partial charge in [-0.25, -0.2) is 4.98 Å². The minimum absolute atomic E-state index is 0.288. The van der Waals surface area contributed by atoms with Gasteiger partial charge >= 0.3 is 0 Å². The van der Waals surface area contributed by atoms with Crippen molar-refractivity contribution in [3.05, 3.63) is 18.2 Å². The maximum Gasteiger partial charge on any atom is 0.201 e. The molecule has 4 N–H and O–H groups in total. The molecule has 19 heavy (non-hydrogen) atoms. The summed E-state index contributed by atoms with van der Waals surface area (Å²) in [7, 11) is 0. The number of nitrogens with two attached hydrogens (primary N) is 1. The number of fused-ring (bicyclic) bond motifs is 1. The third-order valence-electron chi connectivity index (χ3n) is 3.89. The Balaban J connectivity index is 1.71. The van der Waals surface area contributed by atoms with Crippen LogP contribution in [-0.2, 0) is 4.74 Å². The lowest BCUT2D eigenvalue weighted by molar-refractivity contribution is 0.0299. The summed E-state index contributed by atoms with van der Waals surface area (Å²) in [5.41, 5.74) is 8.71. The van der Waals surface area contributed by atoms with Gasteiger partial charge in [0.15, 0.2) is 0 Å². The summed E-state index contributed by atoms with van der Waals surface area (Å²) in [6.45, 7) is 4.92. The van der Waals surface area contributed by atoms with Crippen LogP contribution in [0, 0.1) is 5.41 Å². The first kappa shape index (κ1) is 12.3. The molecule has 2 heterocycles. The molecule has 0 saturated carbocycles. The number of nitrogens with zero attached hydrogens (tertiary/aromatic N) is 1. The summed E-state index contributed by atoms with van der Waals surface area (Å²) in [6.07, 6.45) is 2.18. The summed E-state index contributed by atoms with van der Waals surface area (Å²) in [4.78, 5) is 7.78. The van der Waals surface area contributed by atoms with Crippen LogP contribution >= 0.6 is 0 Å². The van der Waals surface area contributed by atoms with Crippen molar-refractivity contribution in [1.29, 1.82) is 0 Å². The molecule has 0 unspecified atom stereocenters. The van der Waals surface area contributed by atoms with Crippen molar-refractivity contribution in [3.63, 3.8) is 0 Å². The molecule has 0 spiro atoms. The number of nitrogen functional groups attached to an aromatic ring is 1. The molecule has 0 radical (unpaired) electrons. The second kappa shape index (κ2) is 4.74. The van der Waals surface area contributed by atoms with Crippen molar-refractivity contribution in [2.45, 2.75) is 19.8 Å². The Kier molecular flexibility index (Phi) is 3.06. The molecule has 1 aromatic carbocycles. The molecule has 1 saturated heterocycles. The number of aromatic amines is 1. The van der Waals surface area contributed by atoms with Gasteiger partial charge in [-0.2, -0.15) is 0 Å². The molecule has 0 aliphatic carbocycles. The zero-order chi connectivity index (χ0) is 13.3. The van der Waals surface area contributed by atoms with Crippen LogP contribution < -0.4 is 11.1 Å². The van der Waals surface area contributed by atoms with Crippen molar-refractivity contribution < 1.29 is 4.74 Å². The zero-order valence-electron chi connectivity index (χ0n) is 11.2. The second-order valence-electron chi connectivity index (χ2n) is 5.64. The Morgan fingerprint density at radius 3 is 3.00 bits per heavy atom. The Bertz CT molecular complexity index is 572. The lowest BCUT2D eigenvalue weighted by Gasteiger charge is -2.33. The molecular formula is C14H20N4O. The van der Waals surface area contributed by atoms with Crippen LogP contribution in [0.15, 0.2) is 18.2 Å². The molecular weight excluding hydrogens is 240 g/mol. The summed E-state index contributed by atoms with van der Waals surface area (Å²) in [5, 5.41) is 3.40. The minimum Gasteiger partial charge on any atom is -0.399 e. The molecule has 1 aliphatic rings. The number of rotatable bonds is 3. The van der Waals surface area contributed by atoms with E-state index in [-0.39, 0.29) is 5.41 Å². The van der Waals surface area contributed by atoms with Crippen LogP contribution in [0.3, 0.4) is 0 Å². The average molecular weight is 260 g/mol. The van der Waals surface area contributed by atoms with Crippen LogP contribution in [0.1, 0.15) is 19.8 Å². The number of hydrogen-bond donors (Lipinski definition) is 3. The van der Waals surface area contributed by atoms with Crippen LogP contribution in [-0.4, -0.2) is 29.7 Å². The van der Waals surface area contributed by atoms with Crippen molar-refractivity contribution >= 4 is 22.7 Å². The van der Waals surface area contributed by atoms with E-state index in [1.54, 1.807) is 0 Å². The van der Waals surface area contributed by atoms with Gasteiger partial charge in [-0.15, -0.1) is 0 Å². The molecule has 1 aromatic heterocycles. The van der Waals surface area contributed by atoms with E-state index in [0.717, 1.165) is 55.3 Å². The first-order valence-corrected chi connectivity index (χ1v) is 6.72. The highest BCUT2D eigenvalue weighted by atomic mass is 16.5. The van der Waals surface area contributed by atoms with Gasteiger partial charge in [0.2, 0.25) is 5.95 Å². The van der Waals surface area contributed by atoms with Crippen molar-refractivity contribution in [3.8, 4) is 0 Å². The topological polar surface area (TPSA) is 76.0 Å². The number of aromatic nitrogens is 2. The van der Waals surface area contributed by atoms with E-state index in [0.29, 0.717) is 0 Å². The smallest absolute Gasteiger partial charge is 0.201 e. The summed E-state index contributed by atoms with van der Waals surface area (Å²) >= 11 is 0. The fraction of sp³-hybridized carbons (Fsp3) is 0.500. The van der Waals surface area contributed by atoms with Gasteiger partial charge in [0.1, 0.15) is 0 Å². The van der Waals surface area contributed by atoms with E-state index in [1.807, 2.05) is 18.2 Å². The second-order valence-corrected chi connectivity index (χ2v) is 5.64. The lowest BCUT2D eigenvalue weighted by atomic mass is 9.82. The number of H-pyrrole nitrogens is 1. The molecule has 1 aliphatic heterocycles. The van der Waals surface area contributed by atoms with Gasteiger partial charge < -0.3 is 20.8 Å². The molecule has 0 bridgehead atoms. The highest BCUT2D eigenvalue weighted by Gasteiger charge is 2.27. The van der Waals surface area contributed by atoms with Crippen molar-refractivity contribution in [2.75, 3.05) is 30.8 Å². The number of ether oxygens (including phenoxy) is 1. The number of hydrogen-bond acceptors (Lipinski definition) is 4. The van der Waals surface area contributed by atoms with Crippen molar-refractivity contribution in [1.82, 2.24) is 9.97 Å². The van der Waals surface area contributed by atoms with E-state index in [9.17, 15) is 0 Å². The Morgan fingerprint density at radius 2 is 2.21 bits per heavy atom. The summed E-state index contributed by atoms with van der Waals surface area (Å²) in [6, 6.07) is 5.71. The minimum atomic E-state index is 0.288. The number of imidazole rings is 1. The Morgan fingerprint density at radius 1 is 1.42 bits per heavy atom. The Labute approximate surface area is 112 Å². The largest absolute Gasteiger partial charge is 0.399 e. The van der Waals surface area contributed by atoms with Crippen LogP contribution in [0.4, 0.5) is 11.6 Å². The predicted molar refractivity (Wildman–Crippen MR) is 77.2 cm³/mol. The van der Waals surface area contributed by atoms with E-state index >= 15 is 0 Å². The van der Waals surface area contributed by atoms with E-state index in [2.05, 4.69) is 22.2 Å². The number of anilines is 2. The predicted octanol–water partition coefficient (Wildman–Crippen LogP) is 2.37. The van der Waals surface area contributed by atoms with Gasteiger partial charge in [-0.05, 0) is 36.5 Å². The molecule has 3 rings (SSSR count). The van der Waals surface area contributed by atoms with Gasteiger partial charge in [-0.1, -0.05) is 6.92 Å². The maximum atomic E-state index is 5.76. The molecule has 2 aromatic rings. The molecule has 102 valence electrons. The molecule has 0 amide bonds. The summed E-state index contributed by atoms with van der Waals surface area (Å²) in [5.74, 6) is 0.813. The highest BCUT2D eigenvalue weighted by molar-refractivity contribution is 5.80. The third-order valence-corrected chi connectivity index (χ3v) is 3.89. The van der Waals surface area contributed by atoms with Gasteiger partial charge in [0, 0.05) is 25.4 Å².